The molecule has 1 aromatic heterocycles. The molecule has 5 N–H and O–H groups in total. The SMILES string of the molecule is Nc1nc(NC2(NS(=O)(=O)c3ccccc3)CCNCC2)sc1C(=O)c1c(F)cccc1F. The lowest BCUT2D eigenvalue weighted by Crippen LogP contribution is -2.59. The summed E-state index contributed by atoms with van der Waals surface area (Å²) in [5.41, 5.74) is 4.06. The topological polar surface area (TPSA) is 126 Å². The van der Waals surface area contributed by atoms with E-state index in [2.05, 4.69) is 20.3 Å². The quantitative estimate of drug-likeness (QED) is 0.294. The van der Waals surface area contributed by atoms with Gasteiger partial charge in [-0.3, -0.25) is 4.79 Å². The molecule has 174 valence electrons. The molecular weight excluding hydrogens is 472 g/mol. The molecule has 0 bridgehead atoms. The number of nitrogens with zero attached hydrogens (tertiary/aromatic N) is 1. The van der Waals surface area contributed by atoms with E-state index in [1.54, 1.807) is 18.2 Å². The predicted octanol–water partition coefficient (Wildman–Crippen LogP) is 2.70. The number of hydrogen-bond donors (Lipinski definition) is 4. The third kappa shape index (κ3) is 4.88. The highest BCUT2D eigenvalue weighted by atomic mass is 32.2. The fraction of sp³-hybridized carbons (Fsp3) is 0.238. The normalized spacial score (nSPS) is 15.8. The highest BCUT2D eigenvalue weighted by Gasteiger charge is 2.38. The van der Waals surface area contributed by atoms with Crippen LogP contribution in [0.2, 0.25) is 0 Å². The van der Waals surface area contributed by atoms with Gasteiger partial charge < -0.3 is 16.4 Å². The number of anilines is 2. The molecule has 3 aromatic rings. The van der Waals surface area contributed by atoms with Gasteiger partial charge in [0.25, 0.3) is 0 Å². The minimum atomic E-state index is -3.87. The van der Waals surface area contributed by atoms with E-state index in [9.17, 15) is 22.0 Å². The summed E-state index contributed by atoms with van der Waals surface area (Å²) in [7, 11) is -3.87. The average Bonchev–Trinajstić information content (AvgIpc) is 3.14. The first-order chi connectivity index (χ1) is 15.7. The first kappa shape index (κ1) is 23.2. The van der Waals surface area contributed by atoms with Crippen LogP contribution in [-0.4, -0.2) is 37.9 Å². The number of ketones is 1. The van der Waals surface area contributed by atoms with Crippen LogP contribution in [-0.2, 0) is 10.0 Å². The van der Waals surface area contributed by atoms with E-state index in [1.165, 1.54) is 12.1 Å². The van der Waals surface area contributed by atoms with Gasteiger partial charge in [-0.05, 0) is 50.2 Å². The minimum Gasteiger partial charge on any atom is -0.382 e. The van der Waals surface area contributed by atoms with Gasteiger partial charge >= 0.3 is 0 Å². The van der Waals surface area contributed by atoms with Crippen LogP contribution in [0.1, 0.15) is 28.1 Å². The number of nitrogen functional groups attached to an aromatic ring is 1. The average molecular weight is 494 g/mol. The summed E-state index contributed by atoms with van der Waals surface area (Å²) in [6, 6.07) is 11.0. The number of piperidine rings is 1. The molecule has 12 heteroatoms. The first-order valence-corrected chi connectivity index (χ1v) is 12.3. The molecule has 1 saturated heterocycles. The minimum absolute atomic E-state index is 0.106. The fourth-order valence-electron chi connectivity index (χ4n) is 3.60. The Morgan fingerprint density at radius 1 is 1.06 bits per heavy atom. The number of nitrogens with one attached hydrogen (secondary N) is 3. The molecular formula is C21H21F2N5O3S2. The van der Waals surface area contributed by atoms with Crippen molar-refractivity contribution in [2.75, 3.05) is 24.1 Å². The van der Waals surface area contributed by atoms with E-state index in [1.807, 2.05) is 0 Å². The number of halogens is 2. The molecule has 0 amide bonds. The van der Waals surface area contributed by atoms with Crippen LogP contribution in [0.4, 0.5) is 19.7 Å². The van der Waals surface area contributed by atoms with E-state index >= 15 is 0 Å². The number of carbonyl (C=O) groups is 1. The summed E-state index contributed by atoms with van der Waals surface area (Å²) in [5.74, 6) is -3.15. The molecule has 0 unspecified atom stereocenters. The van der Waals surface area contributed by atoms with Crippen LogP contribution in [0.3, 0.4) is 0 Å². The molecule has 0 radical (unpaired) electrons. The van der Waals surface area contributed by atoms with Crippen molar-refractivity contribution in [3.05, 3.63) is 70.6 Å². The second kappa shape index (κ2) is 9.14. The monoisotopic (exact) mass is 493 g/mol. The lowest BCUT2D eigenvalue weighted by atomic mass is 10.00. The van der Waals surface area contributed by atoms with Crippen molar-refractivity contribution in [2.24, 2.45) is 0 Å². The Morgan fingerprint density at radius 3 is 2.33 bits per heavy atom. The standard InChI is InChI=1S/C21H21F2N5O3S2/c22-14-7-4-8-15(23)16(14)17(29)18-19(24)26-20(32-18)27-21(9-11-25-12-10-21)28-33(30,31)13-5-2-1-3-6-13/h1-8,25,28H,9-12,24H2,(H,26,27). The lowest BCUT2D eigenvalue weighted by molar-refractivity contribution is 0.103. The third-order valence-corrected chi connectivity index (χ3v) is 7.77. The highest BCUT2D eigenvalue weighted by Crippen LogP contribution is 2.32. The van der Waals surface area contributed by atoms with Gasteiger partial charge in [0.2, 0.25) is 15.8 Å². The van der Waals surface area contributed by atoms with E-state index in [4.69, 9.17) is 5.73 Å². The van der Waals surface area contributed by atoms with Gasteiger partial charge in [-0.1, -0.05) is 35.6 Å². The fourth-order valence-corrected chi connectivity index (χ4v) is 5.93. The lowest BCUT2D eigenvalue weighted by Gasteiger charge is -2.38. The zero-order chi connectivity index (χ0) is 23.6. The molecule has 4 rings (SSSR count). The molecule has 1 aliphatic heterocycles. The molecule has 1 aliphatic rings. The van der Waals surface area contributed by atoms with Gasteiger partial charge in [-0.15, -0.1) is 0 Å². The molecule has 2 heterocycles. The zero-order valence-electron chi connectivity index (χ0n) is 17.3. The second-order valence-electron chi connectivity index (χ2n) is 7.53. The van der Waals surface area contributed by atoms with Gasteiger partial charge in [0.15, 0.2) is 5.13 Å². The molecule has 0 spiro atoms. The van der Waals surface area contributed by atoms with Crippen molar-refractivity contribution in [2.45, 2.75) is 23.4 Å². The molecule has 1 fully saturated rings. The maximum absolute atomic E-state index is 14.1. The number of thiazole rings is 1. The molecule has 33 heavy (non-hydrogen) atoms. The molecule has 8 nitrogen and oxygen atoms in total. The smallest absolute Gasteiger partial charge is 0.242 e. The second-order valence-corrected chi connectivity index (χ2v) is 10.2. The van der Waals surface area contributed by atoms with Gasteiger partial charge in [-0.2, -0.15) is 4.72 Å². The number of benzene rings is 2. The van der Waals surface area contributed by atoms with Crippen molar-refractivity contribution in [3.63, 3.8) is 0 Å². The van der Waals surface area contributed by atoms with Crippen molar-refractivity contribution in [1.29, 1.82) is 0 Å². The van der Waals surface area contributed by atoms with Crippen molar-refractivity contribution >= 4 is 38.1 Å². The summed E-state index contributed by atoms with van der Waals surface area (Å²) in [6.45, 7) is 1.05. The van der Waals surface area contributed by atoms with Crippen LogP contribution in [0.25, 0.3) is 0 Å². The van der Waals surface area contributed by atoms with E-state index in [0.717, 1.165) is 29.5 Å². The number of rotatable bonds is 7. The van der Waals surface area contributed by atoms with E-state index < -0.39 is 38.7 Å². The highest BCUT2D eigenvalue weighted by molar-refractivity contribution is 7.89. The van der Waals surface area contributed by atoms with Crippen LogP contribution in [0.15, 0.2) is 53.4 Å². The Hall–Kier alpha value is -2.93. The van der Waals surface area contributed by atoms with Crippen molar-refractivity contribution in [1.82, 2.24) is 15.0 Å². The van der Waals surface area contributed by atoms with Crippen molar-refractivity contribution < 1.29 is 22.0 Å². The maximum Gasteiger partial charge on any atom is 0.242 e. The van der Waals surface area contributed by atoms with Crippen LogP contribution in [0, 0.1) is 11.6 Å². The van der Waals surface area contributed by atoms with E-state index in [-0.39, 0.29) is 20.7 Å². The molecule has 0 aliphatic carbocycles. The van der Waals surface area contributed by atoms with E-state index in [0.29, 0.717) is 25.9 Å². The van der Waals surface area contributed by atoms with Crippen LogP contribution in [0.5, 0.6) is 0 Å². The summed E-state index contributed by atoms with van der Waals surface area (Å²) >= 11 is 0.809. The zero-order valence-corrected chi connectivity index (χ0v) is 18.9. The number of sulfonamides is 1. The Labute approximate surface area is 193 Å². The number of nitrogens with two attached hydrogens (primary N) is 1. The number of carbonyl (C=O) groups excluding carboxylic acids is 1. The Kier molecular flexibility index (Phi) is 6.43. The van der Waals surface area contributed by atoms with Crippen LogP contribution < -0.4 is 21.1 Å². The van der Waals surface area contributed by atoms with Gasteiger partial charge in [0.05, 0.1) is 10.5 Å². The summed E-state index contributed by atoms with van der Waals surface area (Å²) in [4.78, 5) is 16.9. The molecule has 2 aromatic carbocycles. The van der Waals surface area contributed by atoms with Crippen molar-refractivity contribution in [3.8, 4) is 0 Å². The maximum atomic E-state index is 14.1. The summed E-state index contributed by atoms with van der Waals surface area (Å²) in [5, 5.41) is 6.40. The predicted molar refractivity (Wildman–Crippen MR) is 122 cm³/mol. The third-order valence-electron chi connectivity index (χ3n) is 5.24. The number of hydrogen-bond acceptors (Lipinski definition) is 8. The first-order valence-electron chi connectivity index (χ1n) is 10.0. The Bertz CT molecular complexity index is 1260. The molecule has 0 saturated carbocycles. The Balaban J connectivity index is 1.64. The molecule has 0 atom stereocenters. The van der Waals surface area contributed by atoms with Gasteiger partial charge in [-0.25, -0.2) is 22.2 Å². The van der Waals surface area contributed by atoms with Gasteiger partial charge in [0.1, 0.15) is 28.0 Å². The van der Waals surface area contributed by atoms with Gasteiger partial charge in [0, 0.05) is 0 Å². The van der Waals surface area contributed by atoms with Crippen LogP contribution >= 0.6 is 11.3 Å². The summed E-state index contributed by atoms with van der Waals surface area (Å²) in [6.07, 6.45) is 0.757. The number of aromatic nitrogens is 1. The Morgan fingerprint density at radius 2 is 1.70 bits per heavy atom. The summed E-state index contributed by atoms with van der Waals surface area (Å²) < 4.78 is 56.9. The largest absolute Gasteiger partial charge is 0.382 e.